The Morgan fingerprint density at radius 1 is 0.903 bits per heavy atom. The molecule has 3 N–H and O–H groups in total. The van der Waals surface area contributed by atoms with Gasteiger partial charge in [0.15, 0.2) is 17.4 Å². The normalized spacial score (nSPS) is 11.3. The molecule has 0 aliphatic heterocycles. The summed E-state index contributed by atoms with van der Waals surface area (Å²) in [4.78, 5) is 7.06. The van der Waals surface area contributed by atoms with Crippen LogP contribution in [0.1, 0.15) is 0 Å². The summed E-state index contributed by atoms with van der Waals surface area (Å²) in [5, 5.41) is 21.6. The van der Waals surface area contributed by atoms with Crippen LogP contribution in [-0.4, -0.2) is 24.7 Å². The lowest BCUT2D eigenvalue weighted by Gasteiger charge is -2.14. The Bertz CT molecular complexity index is 1440. The van der Waals surface area contributed by atoms with Crippen molar-refractivity contribution in [2.75, 3.05) is 0 Å². The number of benzene rings is 3. The number of H-pyrrole nitrogens is 1. The van der Waals surface area contributed by atoms with Gasteiger partial charge in [-0.05, 0) is 29.8 Å². The topological polar surface area (TPSA) is 74.1 Å². The average Bonchev–Trinajstić information content (AvgIpc) is 3.33. The van der Waals surface area contributed by atoms with Crippen LogP contribution in [-0.2, 0) is 0 Å². The summed E-state index contributed by atoms with van der Waals surface area (Å²) >= 11 is 0. The van der Waals surface area contributed by atoms with Crippen molar-refractivity contribution in [3.63, 3.8) is 0 Å². The van der Waals surface area contributed by atoms with Crippen LogP contribution >= 0.6 is 0 Å². The number of aromatic amines is 1. The van der Waals surface area contributed by atoms with Crippen molar-refractivity contribution in [1.82, 2.24) is 14.5 Å². The molecule has 5 aromatic rings. The van der Waals surface area contributed by atoms with E-state index in [0.29, 0.717) is 28.4 Å². The van der Waals surface area contributed by atoms with Crippen molar-refractivity contribution in [1.29, 1.82) is 0 Å². The number of hydrogen-bond acceptors (Lipinski definition) is 3. The molecule has 2 heterocycles. The summed E-state index contributed by atoms with van der Waals surface area (Å²) < 4.78 is 44.2. The predicted octanol–water partition coefficient (Wildman–Crippen LogP) is 5.52. The lowest BCUT2D eigenvalue weighted by atomic mass is 10.00. The van der Waals surface area contributed by atoms with Gasteiger partial charge in [-0.15, -0.1) is 0 Å². The summed E-state index contributed by atoms with van der Waals surface area (Å²) in [7, 11) is 0. The molecule has 0 atom stereocenters. The van der Waals surface area contributed by atoms with Crippen LogP contribution < -0.4 is 0 Å². The van der Waals surface area contributed by atoms with Crippen LogP contribution in [0.4, 0.5) is 13.2 Å². The minimum Gasteiger partial charge on any atom is -0.503 e. The number of nitrogens with one attached hydrogen (secondary N) is 1. The fourth-order valence-corrected chi connectivity index (χ4v) is 3.72. The van der Waals surface area contributed by atoms with Gasteiger partial charge in [-0.1, -0.05) is 30.3 Å². The Morgan fingerprint density at radius 2 is 1.68 bits per heavy atom. The van der Waals surface area contributed by atoms with Crippen molar-refractivity contribution >= 4 is 11.0 Å². The van der Waals surface area contributed by atoms with Gasteiger partial charge in [0.05, 0.1) is 34.3 Å². The summed E-state index contributed by atoms with van der Waals surface area (Å²) in [5.41, 5.74) is 1.50. The first-order chi connectivity index (χ1) is 15.0. The molecule has 0 fully saturated rings. The molecule has 5 nitrogen and oxygen atoms in total. The average molecular weight is 421 g/mol. The van der Waals surface area contributed by atoms with Gasteiger partial charge in [0.1, 0.15) is 5.82 Å². The summed E-state index contributed by atoms with van der Waals surface area (Å²) in [5.74, 6) is -4.83. The second-order valence-corrected chi connectivity index (χ2v) is 6.95. The zero-order chi connectivity index (χ0) is 21.7. The summed E-state index contributed by atoms with van der Waals surface area (Å²) in [6.45, 7) is 0. The van der Waals surface area contributed by atoms with Gasteiger partial charge in [0.25, 0.3) is 0 Å². The Morgan fingerprint density at radius 3 is 2.45 bits per heavy atom. The number of rotatable bonds is 3. The van der Waals surface area contributed by atoms with Gasteiger partial charge in [-0.3, -0.25) is 4.57 Å². The Labute approximate surface area is 173 Å². The number of hydrogen-bond donors (Lipinski definition) is 3. The molecule has 0 radical (unpaired) electrons. The third-order valence-corrected chi connectivity index (χ3v) is 5.09. The molecule has 3 aromatic carbocycles. The molecule has 0 bridgehead atoms. The fourth-order valence-electron chi connectivity index (χ4n) is 3.72. The molecular weight excluding hydrogens is 407 g/mol. The van der Waals surface area contributed by atoms with E-state index in [1.165, 1.54) is 6.33 Å². The van der Waals surface area contributed by atoms with E-state index >= 15 is 0 Å². The Kier molecular flexibility index (Phi) is 4.21. The molecule has 0 aliphatic rings. The van der Waals surface area contributed by atoms with E-state index in [1.807, 2.05) is 0 Å². The highest BCUT2D eigenvalue weighted by Gasteiger charge is 2.29. The maximum atomic E-state index is 14.9. The molecular formula is C23H14F3N3O2. The minimum atomic E-state index is -1.38. The van der Waals surface area contributed by atoms with Crippen LogP contribution in [0.3, 0.4) is 0 Å². The maximum Gasteiger partial charge on any atom is 0.240 e. The van der Waals surface area contributed by atoms with Crippen LogP contribution in [0.5, 0.6) is 11.6 Å². The van der Waals surface area contributed by atoms with Gasteiger partial charge in [0.2, 0.25) is 5.88 Å². The molecule has 0 saturated heterocycles. The molecule has 0 unspecified atom stereocenters. The minimum absolute atomic E-state index is 0.0340. The lowest BCUT2D eigenvalue weighted by Crippen LogP contribution is -2.01. The SMILES string of the molecule is Oc1c(-c2ccccc2)c(-c2cc(F)cc(F)c2F)n(-c2ccc3nc[nH]c3c2)c1O. The van der Waals surface area contributed by atoms with Crippen molar-refractivity contribution < 1.29 is 23.4 Å². The number of nitrogens with zero attached hydrogens (tertiary/aromatic N) is 2. The Balaban J connectivity index is 1.91. The van der Waals surface area contributed by atoms with Crippen molar-refractivity contribution in [3.05, 3.63) is 84.4 Å². The molecule has 8 heteroatoms. The molecule has 0 amide bonds. The molecule has 0 saturated carbocycles. The van der Waals surface area contributed by atoms with E-state index < -0.39 is 34.6 Å². The van der Waals surface area contributed by atoms with E-state index in [2.05, 4.69) is 9.97 Å². The molecule has 154 valence electrons. The zero-order valence-electron chi connectivity index (χ0n) is 15.8. The predicted molar refractivity (Wildman–Crippen MR) is 109 cm³/mol. The molecule has 2 aromatic heterocycles. The van der Waals surface area contributed by atoms with Crippen molar-refractivity contribution in [2.24, 2.45) is 0 Å². The number of halogens is 3. The number of fused-ring (bicyclic) bond motifs is 1. The Hall–Kier alpha value is -4.20. The fraction of sp³-hybridized carbons (Fsp3) is 0. The first-order valence-electron chi connectivity index (χ1n) is 9.26. The van der Waals surface area contributed by atoms with E-state index in [1.54, 1.807) is 48.5 Å². The zero-order valence-corrected chi connectivity index (χ0v) is 15.8. The van der Waals surface area contributed by atoms with E-state index in [4.69, 9.17) is 0 Å². The van der Waals surface area contributed by atoms with Gasteiger partial charge >= 0.3 is 0 Å². The second-order valence-electron chi connectivity index (χ2n) is 6.95. The van der Waals surface area contributed by atoms with Gasteiger partial charge in [-0.25, -0.2) is 18.2 Å². The van der Waals surface area contributed by atoms with Gasteiger partial charge < -0.3 is 15.2 Å². The number of imidazole rings is 1. The van der Waals surface area contributed by atoms with Crippen LogP contribution in [0.2, 0.25) is 0 Å². The van der Waals surface area contributed by atoms with Crippen LogP contribution in [0.25, 0.3) is 39.1 Å². The highest BCUT2D eigenvalue weighted by Crippen LogP contribution is 2.49. The monoisotopic (exact) mass is 421 g/mol. The summed E-state index contributed by atoms with van der Waals surface area (Å²) in [6, 6.07) is 14.5. The lowest BCUT2D eigenvalue weighted by molar-refractivity contribution is 0.388. The standard InChI is InChI=1S/C23H14F3N3O2/c24-13-8-15(20(26)16(25)9-13)21-19(12-4-2-1-3-5-12)22(30)23(31)29(21)14-6-7-17-18(10-14)28-11-27-17/h1-11,30-31H,(H,27,28). The molecule has 31 heavy (non-hydrogen) atoms. The van der Waals surface area contributed by atoms with Crippen LogP contribution in [0, 0.1) is 17.5 Å². The van der Waals surface area contributed by atoms with Crippen molar-refractivity contribution in [3.8, 4) is 39.7 Å². The number of aromatic nitrogens is 3. The first kappa shape index (κ1) is 18.8. The molecule has 0 spiro atoms. The van der Waals surface area contributed by atoms with Crippen molar-refractivity contribution in [2.45, 2.75) is 0 Å². The highest BCUT2D eigenvalue weighted by molar-refractivity contribution is 5.91. The summed E-state index contributed by atoms with van der Waals surface area (Å²) in [6.07, 6.45) is 1.49. The third kappa shape index (κ3) is 2.92. The molecule has 5 rings (SSSR count). The number of aromatic hydroxyl groups is 2. The van der Waals surface area contributed by atoms with E-state index in [-0.39, 0.29) is 11.3 Å². The highest BCUT2D eigenvalue weighted by atomic mass is 19.2. The van der Waals surface area contributed by atoms with E-state index in [0.717, 1.165) is 10.6 Å². The first-order valence-corrected chi connectivity index (χ1v) is 9.26. The van der Waals surface area contributed by atoms with Gasteiger partial charge in [0, 0.05) is 11.6 Å². The molecule has 0 aliphatic carbocycles. The van der Waals surface area contributed by atoms with E-state index in [9.17, 15) is 23.4 Å². The van der Waals surface area contributed by atoms with Crippen LogP contribution in [0.15, 0.2) is 67.0 Å². The smallest absolute Gasteiger partial charge is 0.240 e. The maximum absolute atomic E-state index is 14.9. The third-order valence-electron chi connectivity index (χ3n) is 5.09. The largest absolute Gasteiger partial charge is 0.503 e. The van der Waals surface area contributed by atoms with Gasteiger partial charge in [-0.2, -0.15) is 0 Å². The second kappa shape index (κ2) is 6.94. The quantitative estimate of drug-likeness (QED) is 0.336.